The van der Waals surface area contributed by atoms with E-state index in [-0.39, 0.29) is 289 Å². The second-order valence-corrected chi connectivity index (χ2v) is 0. The van der Waals surface area contributed by atoms with Gasteiger partial charge in [0.2, 0.25) is 0 Å². The maximum absolute atomic E-state index is 0. The van der Waals surface area contributed by atoms with Gasteiger partial charge in [0.25, 0.3) is 0 Å². The molecule has 0 rings (SSSR count). The quantitative estimate of drug-likeness (QED) is 0.290. The molecule has 0 atom stereocenters. The second-order valence-electron chi connectivity index (χ2n) is 0. The van der Waals surface area contributed by atoms with Gasteiger partial charge >= 0.3 is 0 Å². The molecule has 0 aliphatic carbocycles. The Morgan fingerprint density at radius 3 is 1.00 bits per heavy atom. The Kier molecular flexibility index (Phi) is 1150. The zero-order chi connectivity index (χ0) is 0. The van der Waals surface area contributed by atoms with Crippen molar-refractivity contribution in [2.24, 2.45) is 0 Å². The van der Waals surface area contributed by atoms with Crippen LogP contribution in [0.1, 0.15) is 0 Å². The third-order valence-electron chi connectivity index (χ3n) is 0. The van der Waals surface area contributed by atoms with E-state index in [0.717, 1.165) is 0 Å². The predicted octanol–water partition coefficient (Wildman–Crippen LogP) is -0.411. The van der Waals surface area contributed by atoms with Crippen LogP contribution in [0.4, 0.5) is 0 Å². The molecule has 0 fully saturated rings. The van der Waals surface area contributed by atoms with E-state index >= 15 is 0 Å². The van der Waals surface area contributed by atoms with Crippen molar-refractivity contribution in [3.63, 3.8) is 0 Å². The van der Waals surface area contributed by atoms with Gasteiger partial charge in [-0.1, -0.05) is 0 Å². The average molecular weight is 1590 g/mol. The van der Waals surface area contributed by atoms with Crippen molar-refractivity contribution >= 4 is 8.41 Å². The molecule has 0 amide bonds. The molecular weight excluding hydrogens is 1590 g/mol. The summed E-state index contributed by atoms with van der Waals surface area (Å²) in [5.74, 6) is 0. The summed E-state index contributed by atoms with van der Waals surface area (Å²) in [4.78, 5) is 0. The third kappa shape index (κ3) is 103. The molecule has 87 valence electrons. The Bertz CT molecular complexity index is 53.3. The van der Waals surface area contributed by atoms with Crippen molar-refractivity contribution in [3.05, 3.63) is 0 Å². The molecule has 14 heavy (non-hydrogen) atoms. The fourth-order valence-corrected chi connectivity index (χ4v) is 0. The van der Waals surface area contributed by atoms with Crippen LogP contribution in [0.5, 0.6) is 0 Å². The predicted molar refractivity (Wildman–Crippen MR) is 5.75 cm³/mol. The fraction of sp³-hybridized carbons (Fsp3) is 0. The molecular formula is BCoCrIrMoNbOsRhRuTaThTiVW. The van der Waals surface area contributed by atoms with Crippen molar-refractivity contribution in [2.45, 2.75) is 0 Å². The van der Waals surface area contributed by atoms with E-state index in [1.165, 1.54) is 0 Å². The molecule has 0 aromatic heterocycles. The Hall–Kier alpha value is 9.12. The summed E-state index contributed by atoms with van der Waals surface area (Å²) < 4.78 is 0. The van der Waals surface area contributed by atoms with E-state index in [4.69, 9.17) is 0 Å². The maximum atomic E-state index is 0. The van der Waals surface area contributed by atoms with Crippen LogP contribution in [-0.2, 0) is 240 Å². The number of hydrogen-bond donors (Lipinski definition) is 0. The van der Waals surface area contributed by atoms with Crippen LogP contribution >= 0.6 is 0 Å². The first kappa shape index (κ1) is 136. The van der Waals surface area contributed by atoms with E-state index in [2.05, 4.69) is 0 Å². The molecule has 0 bridgehead atoms. The van der Waals surface area contributed by atoms with Gasteiger partial charge in [0.1, 0.15) is 0 Å². The van der Waals surface area contributed by atoms with Crippen molar-refractivity contribution in [3.8, 4) is 0 Å². The van der Waals surface area contributed by atoms with Crippen LogP contribution in [0.15, 0.2) is 0 Å². The van der Waals surface area contributed by atoms with Crippen LogP contribution in [-0.4, -0.2) is 8.41 Å². The molecule has 0 heterocycles. The monoisotopic (exact) mass is 1600 g/mol. The van der Waals surface area contributed by atoms with E-state index in [1.54, 1.807) is 0 Å². The van der Waals surface area contributed by atoms with Crippen LogP contribution in [0.25, 0.3) is 0 Å². The SMILES string of the molecule is [B].[Co].[Cr].[Ir].[Mo].[Nb].[Os].[Rh].[Ru].[Ta].[Th].[Ti].[V].[W]. The first-order chi connectivity index (χ1) is 0. The van der Waals surface area contributed by atoms with Crippen molar-refractivity contribution in [2.75, 3.05) is 0 Å². The zero-order valence-electron chi connectivity index (χ0n) is 5.85. The van der Waals surface area contributed by atoms with E-state index in [0.29, 0.717) is 0 Å². The van der Waals surface area contributed by atoms with Crippen LogP contribution in [0.2, 0.25) is 0 Å². The summed E-state index contributed by atoms with van der Waals surface area (Å²) >= 11 is 0. The topological polar surface area (TPSA) is 0 Å². The molecule has 9 radical (unpaired) electrons. The molecule has 0 aromatic rings. The summed E-state index contributed by atoms with van der Waals surface area (Å²) in [6.45, 7) is 0. The number of rotatable bonds is 0. The average Bonchev–Trinajstić information content (AvgIpc) is 0. The van der Waals surface area contributed by atoms with Crippen molar-refractivity contribution in [1.29, 1.82) is 0 Å². The van der Waals surface area contributed by atoms with E-state index in [9.17, 15) is 0 Å². The van der Waals surface area contributed by atoms with Crippen LogP contribution in [0, 0.1) is 39.9 Å². The Labute approximate surface area is 281 Å². The van der Waals surface area contributed by atoms with Gasteiger partial charge in [0.05, 0.1) is 0 Å². The standard InChI is InChI=1S/B.Co.Cr.Ir.Mo.Nb.Os.Rh.Ru.Ta.Th.Ti.V.W. The third-order valence-corrected chi connectivity index (χ3v) is 0. The molecule has 0 nitrogen and oxygen atoms in total. The summed E-state index contributed by atoms with van der Waals surface area (Å²) in [6, 6.07) is 0. The van der Waals surface area contributed by atoms with Gasteiger partial charge in [-0.3, -0.25) is 0 Å². The van der Waals surface area contributed by atoms with Gasteiger partial charge in [-0.25, -0.2) is 0 Å². The Morgan fingerprint density at radius 1 is 1.00 bits per heavy atom. The van der Waals surface area contributed by atoms with Crippen molar-refractivity contribution in [1.82, 2.24) is 0 Å². The van der Waals surface area contributed by atoms with Gasteiger partial charge < -0.3 is 0 Å². The van der Waals surface area contributed by atoms with Gasteiger partial charge in [-0.15, -0.1) is 0 Å². The first-order valence-corrected chi connectivity index (χ1v) is 0. The smallest absolute Gasteiger partial charge is 0 e. The van der Waals surface area contributed by atoms with Gasteiger partial charge in [0, 0.05) is 289 Å². The minimum Gasteiger partial charge on any atom is 0 e. The normalized spacial score (nSPS) is 0. The van der Waals surface area contributed by atoms with Gasteiger partial charge in [-0.2, -0.15) is 0 Å². The first-order valence-electron chi connectivity index (χ1n) is 0. The van der Waals surface area contributed by atoms with Gasteiger partial charge in [0.15, 0.2) is 0 Å². The molecule has 0 aliphatic rings. The zero-order valence-corrected chi connectivity index (χ0v) is 33.9. The van der Waals surface area contributed by atoms with E-state index < -0.39 is 0 Å². The van der Waals surface area contributed by atoms with Gasteiger partial charge in [-0.05, 0) is 0 Å². The molecule has 0 N–H and O–H groups in total. The molecule has 0 aromatic carbocycles. The summed E-state index contributed by atoms with van der Waals surface area (Å²) in [5.41, 5.74) is 0. The molecule has 14 heteroatoms. The summed E-state index contributed by atoms with van der Waals surface area (Å²) in [7, 11) is 0. The van der Waals surface area contributed by atoms with Crippen molar-refractivity contribution < 1.29 is 280 Å². The largest absolute Gasteiger partial charge is 0 e. The minimum absolute atomic E-state index is 0. The summed E-state index contributed by atoms with van der Waals surface area (Å²) in [5, 5.41) is 0. The van der Waals surface area contributed by atoms with Crippen LogP contribution in [0.3, 0.4) is 0 Å². The Balaban J connectivity index is 0. The fourth-order valence-electron chi connectivity index (χ4n) is 0. The molecule has 0 aliphatic heterocycles. The van der Waals surface area contributed by atoms with Crippen LogP contribution < -0.4 is 0 Å². The molecule has 0 unspecified atom stereocenters. The minimum atomic E-state index is 0. The number of hydrogen-bond acceptors (Lipinski definition) is 0. The molecule has 0 spiro atoms. The second kappa shape index (κ2) is 119. The van der Waals surface area contributed by atoms with E-state index in [1.807, 2.05) is 0 Å². The molecule has 0 saturated carbocycles. The Morgan fingerprint density at radius 2 is 1.00 bits per heavy atom. The maximum Gasteiger partial charge on any atom is 0 e. The molecule has 0 saturated heterocycles. The summed E-state index contributed by atoms with van der Waals surface area (Å²) in [6.07, 6.45) is 0.